The van der Waals surface area contributed by atoms with Crippen molar-refractivity contribution in [2.75, 3.05) is 5.32 Å². The highest BCUT2D eigenvalue weighted by Crippen LogP contribution is 2.24. The van der Waals surface area contributed by atoms with Crippen molar-refractivity contribution >= 4 is 22.9 Å². The van der Waals surface area contributed by atoms with Crippen LogP contribution in [0.2, 0.25) is 0 Å². The van der Waals surface area contributed by atoms with Gasteiger partial charge in [-0.1, -0.05) is 0 Å². The van der Waals surface area contributed by atoms with Gasteiger partial charge >= 0.3 is 0 Å². The van der Waals surface area contributed by atoms with Crippen LogP contribution in [0.25, 0.3) is 10.6 Å². The fraction of sp³-hybridized carbons (Fsp3) is 0.250. The minimum absolute atomic E-state index is 0.228. The number of nitrogens with zero attached hydrogens (tertiary/aromatic N) is 4. The van der Waals surface area contributed by atoms with Gasteiger partial charge < -0.3 is 5.32 Å². The summed E-state index contributed by atoms with van der Waals surface area (Å²) in [6.45, 7) is 5.78. The molecule has 0 saturated heterocycles. The second kappa shape index (κ2) is 5.92. The van der Waals surface area contributed by atoms with Crippen LogP contribution in [0.3, 0.4) is 0 Å². The van der Waals surface area contributed by atoms with Crippen LogP contribution in [0.4, 0.5) is 5.69 Å². The average Bonchev–Trinajstić information content (AvgIpc) is 3.11. The van der Waals surface area contributed by atoms with Gasteiger partial charge in [-0.05, 0) is 32.4 Å². The molecule has 23 heavy (non-hydrogen) atoms. The zero-order valence-corrected chi connectivity index (χ0v) is 14.2. The van der Waals surface area contributed by atoms with Crippen molar-refractivity contribution in [2.45, 2.75) is 20.8 Å². The van der Waals surface area contributed by atoms with Crippen molar-refractivity contribution in [3.8, 4) is 10.6 Å². The SMILES string of the molecule is Cc1cc(C)c(NC(=O)c2csc(-c3cnn(C)c3)n2)c(C)n1. The fourth-order valence-corrected chi connectivity index (χ4v) is 3.21. The summed E-state index contributed by atoms with van der Waals surface area (Å²) in [7, 11) is 1.85. The molecule has 3 rings (SSSR count). The number of pyridine rings is 1. The Bertz CT molecular complexity index is 857. The summed E-state index contributed by atoms with van der Waals surface area (Å²) in [6.07, 6.45) is 3.61. The molecule has 0 aliphatic carbocycles. The van der Waals surface area contributed by atoms with E-state index in [1.165, 1.54) is 11.3 Å². The van der Waals surface area contributed by atoms with Crippen molar-refractivity contribution in [3.05, 3.63) is 46.5 Å². The van der Waals surface area contributed by atoms with Crippen LogP contribution in [0.5, 0.6) is 0 Å². The molecular weight excluding hydrogens is 310 g/mol. The molecule has 0 aliphatic rings. The van der Waals surface area contributed by atoms with Gasteiger partial charge in [0.15, 0.2) is 0 Å². The van der Waals surface area contributed by atoms with Gasteiger partial charge in [0.1, 0.15) is 10.7 Å². The molecule has 3 heterocycles. The first-order chi connectivity index (χ1) is 10.9. The number of aryl methyl sites for hydroxylation is 4. The first-order valence-corrected chi connectivity index (χ1v) is 8.03. The first-order valence-electron chi connectivity index (χ1n) is 7.15. The molecular formula is C16H17N5OS. The van der Waals surface area contributed by atoms with Gasteiger partial charge in [0.25, 0.3) is 5.91 Å². The summed E-state index contributed by atoms with van der Waals surface area (Å²) >= 11 is 1.42. The molecule has 0 atom stereocenters. The monoisotopic (exact) mass is 327 g/mol. The lowest BCUT2D eigenvalue weighted by atomic mass is 10.1. The second-order valence-corrected chi connectivity index (χ2v) is 6.29. The van der Waals surface area contributed by atoms with Gasteiger partial charge in [-0.2, -0.15) is 5.10 Å². The van der Waals surface area contributed by atoms with Crippen molar-refractivity contribution in [3.63, 3.8) is 0 Å². The molecule has 0 saturated carbocycles. The third kappa shape index (κ3) is 3.14. The average molecular weight is 327 g/mol. The predicted octanol–water partition coefficient (Wildman–Crippen LogP) is 3.12. The topological polar surface area (TPSA) is 72.7 Å². The number of aromatic nitrogens is 4. The lowest BCUT2D eigenvalue weighted by molar-refractivity contribution is 0.102. The van der Waals surface area contributed by atoms with Crippen molar-refractivity contribution in [1.82, 2.24) is 19.7 Å². The molecule has 1 amide bonds. The molecule has 6 nitrogen and oxygen atoms in total. The van der Waals surface area contributed by atoms with Gasteiger partial charge in [0, 0.05) is 29.9 Å². The maximum atomic E-state index is 12.4. The Kier molecular flexibility index (Phi) is 3.96. The van der Waals surface area contributed by atoms with Crippen molar-refractivity contribution in [1.29, 1.82) is 0 Å². The van der Waals surface area contributed by atoms with Crippen LogP contribution in [0, 0.1) is 20.8 Å². The number of carbonyl (C=O) groups excluding carboxylic acids is 1. The maximum absolute atomic E-state index is 12.4. The second-order valence-electron chi connectivity index (χ2n) is 5.44. The van der Waals surface area contributed by atoms with Crippen LogP contribution >= 0.6 is 11.3 Å². The number of nitrogens with one attached hydrogen (secondary N) is 1. The van der Waals surface area contributed by atoms with E-state index in [-0.39, 0.29) is 5.91 Å². The predicted molar refractivity (Wildman–Crippen MR) is 90.7 cm³/mol. The Labute approximate surface area is 138 Å². The van der Waals surface area contributed by atoms with Gasteiger partial charge in [-0.25, -0.2) is 4.98 Å². The Morgan fingerprint density at radius 1 is 1.26 bits per heavy atom. The molecule has 0 fully saturated rings. The number of rotatable bonds is 3. The van der Waals surface area contributed by atoms with Crippen molar-refractivity contribution in [2.24, 2.45) is 7.05 Å². The third-order valence-corrected chi connectivity index (χ3v) is 4.34. The van der Waals surface area contributed by atoms with E-state index >= 15 is 0 Å². The minimum Gasteiger partial charge on any atom is -0.319 e. The summed E-state index contributed by atoms with van der Waals surface area (Å²) in [5.41, 5.74) is 4.78. The Balaban J connectivity index is 1.83. The zero-order chi connectivity index (χ0) is 16.6. The molecule has 3 aromatic heterocycles. The molecule has 1 N–H and O–H groups in total. The molecule has 7 heteroatoms. The van der Waals surface area contributed by atoms with E-state index in [4.69, 9.17) is 0 Å². The highest BCUT2D eigenvalue weighted by molar-refractivity contribution is 7.13. The van der Waals surface area contributed by atoms with E-state index in [2.05, 4.69) is 20.4 Å². The van der Waals surface area contributed by atoms with E-state index in [1.807, 2.05) is 40.1 Å². The van der Waals surface area contributed by atoms with Crippen molar-refractivity contribution < 1.29 is 4.79 Å². The highest BCUT2D eigenvalue weighted by atomic mass is 32.1. The van der Waals surface area contributed by atoms with E-state index in [9.17, 15) is 4.79 Å². The van der Waals surface area contributed by atoms with Crippen LogP contribution in [0.15, 0.2) is 23.8 Å². The van der Waals surface area contributed by atoms with Crippen LogP contribution in [-0.2, 0) is 7.05 Å². The quantitative estimate of drug-likeness (QED) is 0.802. The maximum Gasteiger partial charge on any atom is 0.275 e. The highest BCUT2D eigenvalue weighted by Gasteiger charge is 2.15. The summed E-state index contributed by atoms with van der Waals surface area (Å²) in [4.78, 5) is 21.2. The van der Waals surface area contributed by atoms with Gasteiger partial charge in [-0.3, -0.25) is 14.5 Å². The van der Waals surface area contributed by atoms with Gasteiger partial charge in [0.05, 0.1) is 17.6 Å². The molecule has 0 unspecified atom stereocenters. The molecule has 0 spiro atoms. The van der Waals surface area contributed by atoms with Gasteiger partial charge in [-0.15, -0.1) is 11.3 Å². The van der Waals surface area contributed by atoms with E-state index in [1.54, 1.807) is 16.3 Å². The number of amides is 1. The van der Waals surface area contributed by atoms with Crippen LogP contribution in [0.1, 0.15) is 27.4 Å². The van der Waals surface area contributed by atoms with E-state index in [0.29, 0.717) is 5.69 Å². The lowest BCUT2D eigenvalue weighted by Gasteiger charge is -2.10. The number of thiazole rings is 1. The van der Waals surface area contributed by atoms with Crippen LogP contribution in [-0.4, -0.2) is 25.7 Å². The Morgan fingerprint density at radius 2 is 2.04 bits per heavy atom. The molecule has 0 aliphatic heterocycles. The Morgan fingerprint density at radius 3 is 2.70 bits per heavy atom. The molecule has 0 bridgehead atoms. The standard InChI is InChI=1S/C16H17N5OS/c1-9-5-10(2)18-11(3)14(9)20-15(22)13-8-23-16(19-13)12-6-17-21(4)7-12/h5-8H,1-4H3,(H,20,22). The molecule has 118 valence electrons. The molecule has 0 aromatic carbocycles. The number of hydrogen-bond donors (Lipinski definition) is 1. The summed E-state index contributed by atoms with van der Waals surface area (Å²) < 4.78 is 1.71. The normalized spacial score (nSPS) is 10.8. The summed E-state index contributed by atoms with van der Waals surface area (Å²) in [5, 5.41) is 9.57. The largest absolute Gasteiger partial charge is 0.319 e. The van der Waals surface area contributed by atoms with Gasteiger partial charge in [0.2, 0.25) is 0 Å². The molecule has 0 radical (unpaired) electrons. The lowest BCUT2D eigenvalue weighted by Crippen LogP contribution is -2.15. The molecule has 3 aromatic rings. The zero-order valence-electron chi connectivity index (χ0n) is 13.4. The fourth-order valence-electron chi connectivity index (χ4n) is 2.43. The number of anilines is 1. The number of hydrogen-bond acceptors (Lipinski definition) is 5. The van der Waals surface area contributed by atoms with Crippen LogP contribution < -0.4 is 5.32 Å². The number of carbonyl (C=O) groups is 1. The first kappa shape index (κ1) is 15.4. The smallest absolute Gasteiger partial charge is 0.275 e. The van der Waals surface area contributed by atoms with E-state index in [0.717, 1.165) is 33.2 Å². The summed E-state index contributed by atoms with van der Waals surface area (Å²) in [6, 6.07) is 1.95. The minimum atomic E-state index is -0.228. The third-order valence-electron chi connectivity index (χ3n) is 3.45. The Hall–Kier alpha value is -2.54. The summed E-state index contributed by atoms with van der Waals surface area (Å²) in [5.74, 6) is -0.228. The van der Waals surface area contributed by atoms with E-state index < -0.39 is 0 Å².